The Balaban J connectivity index is 2.81. The molecule has 0 unspecified atom stereocenters. The number of carboxylic acid groups (broad SMARTS) is 1. The minimum Gasteiger partial charge on any atom is -0.464 e. The first kappa shape index (κ1) is 10.3. The highest BCUT2D eigenvalue weighted by molar-refractivity contribution is 6.31. The highest BCUT2D eigenvalue weighted by Gasteiger charge is 2.13. The molecule has 15 heavy (non-hydrogen) atoms. The zero-order chi connectivity index (χ0) is 11.0. The molecular weight excluding hydrogens is 239 g/mol. The van der Waals surface area contributed by atoms with Gasteiger partial charge in [-0.2, -0.15) is 0 Å². The predicted molar refractivity (Wildman–Crippen MR) is 57.7 cm³/mol. The summed E-state index contributed by atoms with van der Waals surface area (Å²) in [6.07, 6.45) is 1.76. The molecule has 0 aliphatic heterocycles. The molecule has 0 aliphatic carbocycles. The maximum atomic E-state index is 10.9. The van der Waals surface area contributed by atoms with Crippen LogP contribution in [0.1, 0.15) is 5.56 Å². The molecule has 0 saturated carbocycles. The van der Waals surface area contributed by atoms with Crippen LogP contribution in [-0.2, 0) is 5.88 Å². The van der Waals surface area contributed by atoms with E-state index in [1.54, 1.807) is 6.07 Å². The van der Waals surface area contributed by atoms with Crippen molar-refractivity contribution in [1.29, 1.82) is 0 Å². The molecule has 2 aromatic rings. The summed E-state index contributed by atoms with van der Waals surface area (Å²) in [6.45, 7) is 0. The molecule has 0 saturated heterocycles. The summed E-state index contributed by atoms with van der Waals surface area (Å²) < 4.78 is 1.03. The Morgan fingerprint density at radius 1 is 1.60 bits per heavy atom. The van der Waals surface area contributed by atoms with Gasteiger partial charge >= 0.3 is 6.09 Å². The van der Waals surface area contributed by atoms with Crippen molar-refractivity contribution in [2.45, 2.75) is 5.88 Å². The SMILES string of the molecule is O=C(O)n1cc(CCl)c2cc(Cl)cnc21. The molecular formula is C9H6Cl2N2O2. The lowest BCUT2D eigenvalue weighted by Gasteiger charge is -1.96. The fraction of sp³-hybridized carbons (Fsp3) is 0.111. The van der Waals surface area contributed by atoms with Crippen molar-refractivity contribution >= 4 is 40.3 Å². The summed E-state index contributed by atoms with van der Waals surface area (Å²) in [5, 5.41) is 10.0. The number of carbonyl (C=O) groups is 1. The maximum Gasteiger partial charge on any atom is 0.417 e. The van der Waals surface area contributed by atoms with Gasteiger partial charge in [0.25, 0.3) is 0 Å². The Kier molecular flexibility index (Phi) is 2.54. The van der Waals surface area contributed by atoms with Crippen LogP contribution in [0, 0.1) is 0 Å². The highest BCUT2D eigenvalue weighted by atomic mass is 35.5. The molecule has 6 heteroatoms. The summed E-state index contributed by atoms with van der Waals surface area (Å²) >= 11 is 11.5. The van der Waals surface area contributed by atoms with Crippen LogP contribution in [0.3, 0.4) is 0 Å². The van der Waals surface area contributed by atoms with Crippen molar-refractivity contribution in [3.05, 3.63) is 29.0 Å². The molecule has 4 nitrogen and oxygen atoms in total. The fourth-order valence-electron chi connectivity index (χ4n) is 1.40. The Morgan fingerprint density at radius 2 is 2.33 bits per heavy atom. The molecule has 2 heterocycles. The van der Waals surface area contributed by atoms with Crippen molar-refractivity contribution in [2.24, 2.45) is 0 Å². The molecule has 0 radical (unpaired) electrons. The lowest BCUT2D eigenvalue weighted by atomic mass is 10.2. The van der Waals surface area contributed by atoms with E-state index in [2.05, 4.69) is 4.98 Å². The number of nitrogens with zero attached hydrogens (tertiary/aromatic N) is 2. The molecule has 0 bridgehead atoms. The Bertz CT molecular complexity index is 536. The number of fused-ring (bicyclic) bond motifs is 1. The van der Waals surface area contributed by atoms with E-state index in [-0.39, 0.29) is 5.88 Å². The number of pyridine rings is 1. The number of halogens is 2. The van der Waals surface area contributed by atoms with Gasteiger partial charge in [-0.25, -0.2) is 14.3 Å². The number of hydrogen-bond donors (Lipinski definition) is 1. The first-order valence-electron chi connectivity index (χ1n) is 4.08. The molecule has 0 aromatic carbocycles. The third-order valence-electron chi connectivity index (χ3n) is 2.04. The van der Waals surface area contributed by atoms with Gasteiger partial charge in [0.2, 0.25) is 0 Å². The number of hydrogen-bond acceptors (Lipinski definition) is 2. The average molecular weight is 245 g/mol. The first-order valence-corrected chi connectivity index (χ1v) is 4.99. The van der Waals surface area contributed by atoms with Gasteiger partial charge in [-0.3, -0.25) is 0 Å². The van der Waals surface area contributed by atoms with E-state index in [0.29, 0.717) is 21.6 Å². The molecule has 78 valence electrons. The van der Waals surface area contributed by atoms with E-state index >= 15 is 0 Å². The van der Waals surface area contributed by atoms with Crippen molar-refractivity contribution in [3.63, 3.8) is 0 Å². The van der Waals surface area contributed by atoms with Crippen LogP contribution in [0.25, 0.3) is 11.0 Å². The lowest BCUT2D eigenvalue weighted by Crippen LogP contribution is -2.06. The van der Waals surface area contributed by atoms with E-state index in [1.807, 2.05) is 0 Å². The van der Waals surface area contributed by atoms with Crippen LogP contribution in [-0.4, -0.2) is 20.8 Å². The number of alkyl halides is 1. The van der Waals surface area contributed by atoms with E-state index in [4.69, 9.17) is 28.3 Å². The van der Waals surface area contributed by atoms with Gasteiger partial charge in [0.1, 0.15) is 5.65 Å². The minimum atomic E-state index is -1.09. The van der Waals surface area contributed by atoms with Crippen LogP contribution in [0.15, 0.2) is 18.5 Å². The molecule has 1 N–H and O–H groups in total. The third kappa shape index (κ3) is 1.66. The first-order chi connectivity index (χ1) is 7.13. The number of aromatic nitrogens is 2. The molecule has 2 aromatic heterocycles. The van der Waals surface area contributed by atoms with E-state index < -0.39 is 6.09 Å². The Morgan fingerprint density at radius 3 is 2.93 bits per heavy atom. The van der Waals surface area contributed by atoms with E-state index in [9.17, 15) is 4.79 Å². The molecule has 0 amide bonds. The van der Waals surface area contributed by atoms with Gasteiger partial charge < -0.3 is 5.11 Å². The van der Waals surface area contributed by atoms with Crippen molar-refractivity contribution < 1.29 is 9.90 Å². The van der Waals surface area contributed by atoms with Crippen molar-refractivity contribution in [1.82, 2.24) is 9.55 Å². The minimum absolute atomic E-state index is 0.221. The standard InChI is InChI=1S/C9H6Cl2N2O2/c10-2-5-4-13(9(14)15)8-7(5)1-6(11)3-12-8/h1,3-4H,2H2,(H,14,15). The summed E-state index contributed by atoms with van der Waals surface area (Å²) in [7, 11) is 0. The van der Waals surface area contributed by atoms with Crippen LogP contribution < -0.4 is 0 Å². The van der Waals surface area contributed by atoms with Gasteiger partial charge in [-0.1, -0.05) is 11.6 Å². The smallest absolute Gasteiger partial charge is 0.417 e. The van der Waals surface area contributed by atoms with Gasteiger partial charge in [0, 0.05) is 23.7 Å². The predicted octanol–water partition coefficient (Wildman–Crippen LogP) is 2.95. The second-order valence-corrected chi connectivity index (χ2v) is 3.67. The topological polar surface area (TPSA) is 55.1 Å². The lowest BCUT2D eigenvalue weighted by molar-refractivity contribution is 0.197. The summed E-state index contributed by atoms with van der Waals surface area (Å²) in [6, 6.07) is 1.65. The second kappa shape index (κ2) is 3.72. The molecule has 2 rings (SSSR count). The van der Waals surface area contributed by atoms with Crippen LogP contribution in [0.4, 0.5) is 4.79 Å². The second-order valence-electron chi connectivity index (χ2n) is 2.97. The Labute approximate surface area is 95.0 Å². The number of rotatable bonds is 1. The highest BCUT2D eigenvalue weighted by Crippen LogP contribution is 2.23. The van der Waals surface area contributed by atoms with E-state index in [0.717, 1.165) is 4.57 Å². The zero-order valence-corrected chi connectivity index (χ0v) is 8.96. The van der Waals surface area contributed by atoms with E-state index in [1.165, 1.54) is 12.4 Å². The van der Waals surface area contributed by atoms with Crippen molar-refractivity contribution in [2.75, 3.05) is 0 Å². The third-order valence-corrected chi connectivity index (χ3v) is 2.54. The van der Waals surface area contributed by atoms with Crippen molar-refractivity contribution in [3.8, 4) is 0 Å². The largest absolute Gasteiger partial charge is 0.464 e. The zero-order valence-electron chi connectivity index (χ0n) is 7.44. The fourth-order valence-corrected chi connectivity index (χ4v) is 1.77. The Hall–Kier alpha value is -1.26. The van der Waals surface area contributed by atoms with Gasteiger partial charge in [-0.05, 0) is 11.6 Å². The van der Waals surface area contributed by atoms with Gasteiger partial charge in [0.15, 0.2) is 0 Å². The molecule has 0 atom stereocenters. The average Bonchev–Trinajstić information content (AvgIpc) is 2.55. The molecule has 0 spiro atoms. The summed E-state index contributed by atoms with van der Waals surface area (Å²) in [5.74, 6) is 0.221. The summed E-state index contributed by atoms with van der Waals surface area (Å²) in [4.78, 5) is 14.8. The van der Waals surface area contributed by atoms with Crippen LogP contribution >= 0.6 is 23.2 Å². The maximum absolute atomic E-state index is 10.9. The molecule has 0 fully saturated rings. The van der Waals surface area contributed by atoms with Crippen LogP contribution in [0.2, 0.25) is 5.02 Å². The van der Waals surface area contributed by atoms with Crippen LogP contribution in [0.5, 0.6) is 0 Å². The normalized spacial score (nSPS) is 10.8. The molecule has 0 aliphatic rings. The van der Waals surface area contributed by atoms with Gasteiger partial charge in [-0.15, -0.1) is 11.6 Å². The quantitative estimate of drug-likeness (QED) is 0.785. The monoisotopic (exact) mass is 244 g/mol. The summed E-state index contributed by atoms with van der Waals surface area (Å²) in [5.41, 5.74) is 1.05. The van der Waals surface area contributed by atoms with Gasteiger partial charge in [0.05, 0.1) is 5.02 Å².